The molecule has 3 aromatic rings. The van der Waals surface area contributed by atoms with E-state index in [-0.39, 0.29) is 11.9 Å². The van der Waals surface area contributed by atoms with Crippen molar-refractivity contribution >= 4 is 44.5 Å². The Morgan fingerprint density at radius 3 is 2.81 bits per heavy atom. The van der Waals surface area contributed by atoms with Gasteiger partial charge in [0.25, 0.3) is 5.91 Å². The number of H-pyrrole nitrogens is 1. The number of aromatic nitrogens is 1. The van der Waals surface area contributed by atoms with Gasteiger partial charge in [-0.2, -0.15) is 0 Å². The van der Waals surface area contributed by atoms with Gasteiger partial charge >= 0.3 is 6.03 Å². The minimum Gasteiger partial charge on any atom is -0.355 e. The maximum atomic E-state index is 14.2. The van der Waals surface area contributed by atoms with E-state index in [1.807, 2.05) is 50.2 Å². The highest BCUT2D eigenvalue weighted by Crippen LogP contribution is 2.52. The van der Waals surface area contributed by atoms with Gasteiger partial charge in [-0.1, -0.05) is 41.1 Å². The first kappa shape index (κ1) is 20.1. The summed E-state index contributed by atoms with van der Waals surface area (Å²) in [6.07, 6.45) is 1.53. The molecule has 0 radical (unpaired) electrons. The molecule has 2 aliphatic rings. The van der Waals surface area contributed by atoms with Gasteiger partial charge in [-0.25, -0.2) is 4.79 Å². The molecule has 6 nitrogen and oxygen atoms in total. The summed E-state index contributed by atoms with van der Waals surface area (Å²) < 4.78 is 0.883. The minimum atomic E-state index is -1.21. The molecule has 2 aliphatic heterocycles. The number of hydrogen-bond acceptors (Lipinski definition) is 2. The van der Waals surface area contributed by atoms with Crippen molar-refractivity contribution in [2.24, 2.45) is 0 Å². The minimum absolute atomic E-state index is 0.0812. The highest BCUT2D eigenvalue weighted by atomic mass is 79.9. The van der Waals surface area contributed by atoms with Crippen molar-refractivity contribution in [3.8, 4) is 0 Å². The number of aromatic amines is 1. The molecule has 1 atom stereocenters. The molecule has 31 heavy (non-hydrogen) atoms. The van der Waals surface area contributed by atoms with E-state index in [2.05, 4.69) is 32.3 Å². The Morgan fingerprint density at radius 2 is 2.03 bits per heavy atom. The quantitative estimate of drug-likeness (QED) is 0.578. The van der Waals surface area contributed by atoms with Crippen LogP contribution >= 0.6 is 15.9 Å². The van der Waals surface area contributed by atoms with Gasteiger partial charge in [0.05, 0.1) is 11.4 Å². The van der Waals surface area contributed by atoms with E-state index in [0.717, 1.165) is 44.3 Å². The number of benzene rings is 2. The SMILES string of the molecule is CCCNC(=O)N1CCc2c([nH]c3ccccc23)[C@@]12C(=O)N(CC)c1ccc(Br)cc12. The molecular weight excluding hydrogens is 456 g/mol. The fourth-order valence-electron chi connectivity index (χ4n) is 5.15. The first-order chi connectivity index (χ1) is 15.0. The van der Waals surface area contributed by atoms with Gasteiger partial charge in [0.2, 0.25) is 0 Å². The van der Waals surface area contributed by atoms with Crippen LogP contribution in [0.1, 0.15) is 37.1 Å². The molecule has 0 bridgehead atoms. The summed E-state index contributed by atoms with van der Waals surface area (Å²) in [4.78, 5) is 34.7. The van der Waals surface area contributed by atoms with Crippen LogP contribution in [0.3, 0.4) is 0 Å². The van der Waals surface area contributed by atoms with Crippen LogP contribution in [0.15, 0.2) is 46.9 Å². The Kier molecular flexibility index (Phi) is 4.81. The topological polar surface area (TPSA) is 68.4 Å². The maximum absolute atomic E-state index is 14.2. The molecule has 0 fully saturated rings. The number of halogens is 1. The lowest BCUT2D eigenvalue weighted by molar-refractivity contribution is -0.126. The van der Waals surface area contributed by atoms with Crippen molar-refractivity contribution in [1.29, 1.82) is 0 Å². The third-order valence-corrected chi connectivity index (χ3v) is 6.94. The Bertz CT molecular complexity index is 1200. The highest BCUT2D eigenvalue weighted by molar-refractivity contribution is 9.10. The maximum Gasteiger partial charge on any atom is 0.318 e. The molecular formula is C24H25BrN4O2. The molecule has 5 rings (SSSR count). The van der Waals surface area contributed by atoms with E-state index in [9.17, 15) is 9.59 Å². The number of carbonyl (C=O) groups is 2. The lowest BCUT2D eigenvalue weighted by Crippen LogP contribution is -2.61. The summed E-state index contributed by atoms with van der Waals surface area (Å²) in [7, 11) is 0. The second-order valence-corrected chi connectivity index (χ2v) is 8.99. The molecule has 2 aromatic carbocycles. The lowest BCUT2D eigenvalue weighted by Gasteiger charge is -2.43. The van der Waals surface area contributed by atoms with Crippen molar-refractivity contribution in [1.82, 2.24) is 15.2 Å². The number of nitrogens with zero attached hydrogens (tertiary/aromatic N) is 2. The van der Waals surface area contributed by atoms with Crippen molar-refractivity contribution in [2.75, 3.05) is 24.5 Å². The molecule has 0 unspecified atom stereocenters. The molecule has 3 amide bonds. The monoisotopic (exact) mass is 480 g/mol. The number of amides is 3. The zero-order chi connectivity index (χ0) is 21.8. The van der Waals surface area contributed by atoms with E-state index in [1.54, 1.807) is 9.80 Å². The van der Waals surface area contributed by atoms with Gasteiger partial charge in [-0.15, -0.1) is 0 Å². The van der Waals surface area contributed by atoms with E-state index in [4.69, 9.17) is 0 Å². The van der Waals surface area contributed by atoms with Gasteiger partial charge in [-0.05, 0) is 49.6 Å². The number of nitrogens with one attached hydrogen (secondary N) is 2. The summed E-state index contributed by atoms with van der Waals surface area (Å²) in [5.41, 5.74) is 3.41. The van der Waals surface area contributed by atoms with E-state index in [0.29, 0.717) is 26.1 Å². The van der Waals surface area contributed by atoms with Crippen LogP contribution in [0.5, 0.6) is 0 Å². The fourth-order valence-corrected chi connectivity index (χ4v) is 5.51. The van der Waals surface area contributed by atoms with E-state index < -0.39 is 5.54 Å². The van der Waals surface area contributed by atoms with Crippen molar-refractivity contribution < 1.29 is 9.59 Å². The van der Waals surface area contributed by atoms with E-state index in [1.165, 1.54) is 0 Å². The van der Waals surface area contributed by atoms with Crippen LogP contribution < -0.4 is 10.2 Å². The molecule has 160 valence electrons. The zero-order valence-electron chi connectivity index (χ0n) is 17.7. The number of likely N-dealkylation sites (N-methyl/N-ethyl adjacent to an activating group) is 1. The van der Waals surface area contributed by atoms with E-state index >= 15 is 0 Å². The van der Waals surface area contributed by atoms with Crippen LogP contribution in [-0.4, -0.2) is 41.5 Å². The molecule has 0 saturated carbocycles. The van der Waals surface area contributed by atoms with Crippen molar-refractivity contribution in [3.05, 3.63) is 63.8 Å². The average Bonchev–Trinajstić information content (AvgIpc) is 3.27. The van der Waals surface area contributed by atoms with Gasteiger partial charge < -0.3 is 20.1 Å². The smallest absolute Gasteiger partial charge is 0.318 e. The highest BCUT2D eigenvalue weighted by Gasteiger charge is 2.60. The zero-order valence-corrected chi connectivity index (χ0v) is 19.3. The number of urea groups is 1. The van der Waals surface area contributed by atoms with Gasteiger partial charge in [-0.3, -0.25) is 4.79 Å². The number of rotatable bonds is 3. The standard InChI is InChI=1S/C24H25BrN4O2/c1-3-12-26-23(31)29-13-11-17-16-7-5-6-8-19(16)27-21(17)24(29)18-14-15(25)9-10-20(18)28(4-2)22(24)30/h5-10,14,27H,3-4,11-13H2,1-2H3,(H,26,31)/t24-/m0/s1. The number of hydrogen-bond donors (Lipinski definition) is 2. The van der Waals surface area contributed by atoms with Crippen LogP contribution in [0.25, 0.3) is 10.9 Å². The summed E-state index contributed by atoms with van der Waals surface area (Å²) in [6, 6.07) is 13.8. The second kappa shape index (κ2) is 7.41. The predicted octanol–water partition coefficient (Wildman–Crippen LogP) is 4.52. The Morgan fingerprint density at radius 1 is 1.23 bits per heavy atom. The summed E-state index contributed by atoms with van der Waals surface area (Å²) in [5, 5.41) is 4.12. The first-order valence-corrected chi connectivity index (χ1v) is 11.6. The molecule has 0 saturated heterocycles. The average molecular weight is 481 g/mol. The Hall–Kier alpha value is -2.80. The van der Waals surface area contributed by atoms with Gasteiger partial charge in [0, 0.05) is 40.6 Å². The largest absolute Gasteiger partial charge is 0.355 e. The Balaban J connectivity index is 1.83. The third kappa shape index (κ3) is 2.69. The number of carbonyl (C=O) groups excluding carboxylic acids is 2. The summed E-state index contributed by atoms with van der Waals surface area (Å²) in [6.45, 7) is 5.57. The molecule has 1 aromatic heterocycles. The summed E-state index contributed by atoms with van der Waals surface area (Å²) in [5.74, 6) is -0.0812. The molecule has 3 heterocycles. The Labute approximate surface area is 189 Å². The van der Waals surface area contributed by atoms with Crippen LogP contribution in [0.4, 0.5) is 10.5 Å². The molecule has 2 N–H and O–H groups in total. The van der Waals surface area contributed by atoms with Crippen LogP contribution in [0.2, 0.25) is 0 Å². The molecule has 7 heteroatoms. The number of fused-ring (bicyclic) bond motifs is 6. The summed E-state index contributed by atoms with van der Waals surface area (Å²) >= 11 is 3.59. The first-order valence-electron chi connectivity index (χ1n) is 10.8. The van der Waals surface area contributed by atoms with Gasteiger partial charge in [0.1, 0.15) is 0 Å². The molecule has 1 spiro atoms. The van der Waals surface area contributed by atoms with Gasteiger partial charge in [0.15, 0.2) is 5.54 Å². The second-order valence-electron chi connectivity index (χ2n) is 8.08. The van der Waals surface area contributed by atoms with Crippen LogP contribution in [0, 0.1) is 0 Å². The number of para-hydroxylation sites is 1. The third-order valence-electron chi connectivity index (χ3n) is 6.45. The number of anilines is 1. The fraction of sp³-hybridized carbons (Fsp3) is 0.333. The van der Waals surface area contributed by atoms with Crippen molar-refractivity contribution in [3.63, 3.8) is 0 Å². The normalized spacial score (nSPS) is 19.8. The molecule has 0 aliphatic carbocycles. The van der Waals surface area contributed by atoms with Crippen LogP contribution in [-0.2, 0) is 16.8 Å². The lowest BCUT2D eigenvalue weighted by atomic mass is 9.80. The van der Waals surface area contributed by atoms with Crippen molar-refractivity contribution in [2.45, 2.75) is 32.2 Å². The predicted molar refractivity (Wildman–Crippen MR) is 125 cm³/mol.